The van der Waals surface area contributed by atoms with E-state index >= 15 is 0 Å². The molecule has 0 aromatic carbocycles. The number of nitrogens with one attached hydrogen (secondary N) is 1. The average Bonchev–Trinajstić information content (AvgIpc) is 2.58. The molecule has 4 nitrogen and oxygen atoms in total. The number of aliphatic hydroxyl groups excluding tert-OH is 1. The van der Waals surface area contributed by atoms with Crippen molar-refractivity contribution in [1.29, 1.82) is 0 Å². The van der Waals surface area contributed by atoms with Gasteiger partial charge in [0, 0.05) is 18.0 Å². The summed E-state index contributed by atoms with van der Waals surface area (Å²) in [7, 11) is 2.08. The van der Waals surface area contributed by atoms with Crippen molar-refractivity contribution in [1.82, 2.24) is 5.32 Å². The SMILES string of the molecule is B[C@@H]1CCC(C)=C[C@H]1C1=C(O)C(=O)C(CCCCC)=C(NCC)C1=O. The molecule has 0 radical (unpaired) electrons. The third-order valence-electron chi connectivity index (χ3n) is 5.31. The molecule has 25 heavy (non-hydrogen) atoms. The van der Waals surface area contributed by atoms with Crippen molar-refractivity contribution in [3.63, 3.8) is 0 Å². The van der Waals surface area contributed by atoms with Crippen LogP contribution in [0.15, 0.2) is 34.3 Å². The molecule has 136 valence electrons. The van der Waals surface area contributed by atoms with Gasteiger partial charge in [0.2, 0.25) is 11.6 Å². The van der Waals surface area contributed by atoms with Crippen LogP contribution in [0.5, 0.6) is 0 Å². The highest BCUT2D eigenvalue weighted by atomic mass is 16.3. The van der Waals surface area contributed by atoms with Crippen molar-refractivity contribution >= 4 is 19.4 Å². The summed E-state index contributed by atoms with van der Waals surface area (Å²) in [6.45, 7) is 6.64. The van der Waals surface area contributed by atoms with Gasteiger partial charge in [-0.2, -0.15) is 0 Å². The van der Waals surface area contributed by atoms with Gasteiger partial charge >= 0.3 is 0 Å². The number of carbonyl (C=O) groups excluding carboxylic acids is 2. The highest BCUT2D eigenvalue weighted by Crippen LogP contribution is 2.40. The minimum atomic E-state index is -0.370. The quantitative estimate of drug-likeness (QED) is 0.322. The van der Waals surface area contributed by atoms with Crippen molar-refractivity contribution in [2.75, 3.05) is 6.54 Å². The molecular weight excluding hydrogens is 313 g/mol. The minimum Gasteiger partial charge on any atom is -0.504 e. The number of rotatable bonds is 7. The van der Waals surface area contributed by atoms with E-state index in [1.807, 2.05) is 13.8 Å². The van der Waals surface area contributed by atoms with Gasteiger partial charge < -0.3 is 10.4 Å². The number of allylic oxidation sites excluding steroid dienone is 4. The number of Topliss-reactive ketones (excluding diaryl/α,β-unsaturated/α-hetero) is 2. The van der Waals surface area contributed by atoms with Crippen LogP contribution < -0.4 is 5.32 Å². The Bertz CT molecular complexity index is 645. The maximum Gasteiger partial charge on any atom is 0.225 e. The molecule has 0 saturated heterocycles. The normalized spacial score (nSPS) is 24.7. The summed E-state index contributed by atoms with van der Waals surface area (Å²) in [6, 6.07) is 0. The van der Waals surface area contributed by atoms with E-state index in [9.17, 15) is 14.7 Å². The lowest BCUT2D eigenvalue weighted by molar-refractivity contribution is -0.119. The molecule has 5 heteroatoms. The van der Waals surface area contributed by atoms with Gasteiger partial charge in [-0.15, -0.1) is 0 Å². The number of hydrogen-bond acceptors (Lipinski definition) is 4. The zero-order chi connectivity index (χ0) is 18.6. The first-order chi connectivity index (χ1) is 11.9. The largest absolute Gasteiger partial charge is 0.504 e. The molecule has 2 atom stereocenters. The van der Waals surface area contributed by atoms with Crippen LogP contribution in [0.4, 0.5) is 0 Å². The maximum absolute atomic E-state index is 13.1. The zero-order valence-electron chi connectivity index (χ0n) is 15.9. The van der Waals surface area contributed by atoms with E-state index in [0.29, 0.717) is 24.2 Å². The summed E-state index contributed by atoms with van der Waals surface area (Å²) in [5.41, 5.74) is 2.35. The highest BCUT2D eigenvalue weighted by Gasteiger charge is 2.39. The fourth-order valence-corrected chi connectivity index (χ4v) is 3.78. The summed E-state index contributed by atoms with van der Waals surface area (Å²) in [6.07, 6.45) is 7.46. The lowest BCUT2D eigenvalue weighted by Gasteiger charge is -2.31. The molecular formula is C20H30BNO3. The van der Waals surface area contributed by atoms with E-state index in [2.05, 4.69) is 26.2 Å². The number of carbonyl (C=O) groups is 2. The van der Waals surface area contributed by atoms with Crippen LogP contribution >= 0.6 is 0 Å². The molecule has 0 aliphatic heterocycles. The van der Waals surface area contributed by atoms with Crippen LogP contribution in [0, 0.1) is 5.92 Å². The Morgan fingerprint density at radius 3 is 2.60 bits per heavy atom. The van der Waals surface area contributed by atoms with E-state index < -0.39 is 0 Å². The summed E-state index contributed by atoms with van der Waals surface area (Å²) in [4.78, 5) is 26.0. The second-order valence-electron chi connectivity index (χ2n) is 7.32. The summed E-state index contributed by atoms with van der Waals surface area (Å²) < 4.78 is 0. The van der Waals surface area contributed by atoms with Crippen LogP contribution in [-0.2, 0) is 9.59 Å². The van der Waals surface area contributed by atoms with Crippen LogP contribution in [0.25, 0.3) is 0 Å². The van der Waals surface area contributed by atoms with Gasteiger partial charge in [0.25, 0.3) is 0 Å². The molecule has 2 N–H and O–H groups in total. The number of ketones is 2. The summed E-state index contributed by atoms with van der Waals surface area (Å²) >= 11 is 0. The highest BCUT2D eigenvalue weighted by molar-refractivity contribution is 6.25. The van der Waals surface area contributed by atoms with Crippen molar-refractivity contribution in [2.24, 2.45) is 5.92 Å². The minimum absolute atomic E-state index is 0.184. The number of hydrogen-bond donors (Lipinski definition) is 2. The zero-order valence-corrected chi connectivity index (χ0v) is 15.9. The summed E-state index contributed by atoms with van der Waals surface area (Å²) in [5.74, 6) is -0.849. The molecule has 0 aromatic rings. The first-order valence-corrected chi connectivity index (χ1v) is 9.59. The Kier molecular flexibility index (Phi) is 6.68. The van der Waals surface area contributed by atoms with Gasteiger partial charge in [-0.25, -0.2) is 0 Å². The third-order valence-corrected chi connectivity index (χ3v) is 5.31. The second kappa shape index (κ2) is 8.55. The third kappa shape index (κ3) is 4.08. The smallest absolute Gasteiger partial charge is 0.225 e. The van der Waals surface area contributed by atoms with Crippen molar-refractivity contribution in [3.8, 4) is 0 Å². The molecule has 0 aromatic heterocycles. The lowest BCUT2D eigenvalue weighted by Crippen LogP contribution is -2.35. The first-order valence-electron chi connectivity index (χ1n) is 9.59. The first kappa shape index (κ1) is 19.5. The monoisotopic (exact) mass is 343 g/mol. The van der Waals surface area contributed by atoms with E-state index in [1.54, 1.807) is 0 Å². The Balaban J connectivity index is 2.42. The van der Waals surface area contributed by atoms with Gasteiger partial charge in [-0.3, -0.25) is 9.59 Å². The van der Waals surface area contributed by atoms with E-state index in [1.165, 1.54) is 5.57 Å². The molecule has 2 aliphatic carbocycles. The molecule has 0 bridgehead atoms. The molecule has 0 unspecified atom stereocenters. The van der Waals surface area contributed by atoms with Crippen molar-refractivity contribution < 1.29 is 14.7 Å². The molecule has 2 rings (SSSR count). The van der Waals surface area contributed by atoms with Crippen LogP contribution in [0.1, 0.15) is 59.3 Å². The van der Waals surface area contributed by atoms with Gasteiger partial charge in [0.05, 0.1) is 11.3 Å². The molecule has 2 aliphatic rings. The van der Waals surface area contributed by atoms with Crippen LogP contribution in [-0.4, -0.2) is 31.1 Å². The maximum atomic E-state index is 13.1. The van der Waals surface area contributed by atoms with Crippen LogP contribution in [0.2, 0.25) is 5.82 Å². The Labute approximate surface area is 151 Å². The lowest BCUT2D eigenvalue weighted by atomic mass is 9.65. The number of unbranched alkanes of at least 4 members (excludes halogenated alkanes) is 2. The van der Waals surface area contributed by atoms with Crippen molar-refractivity contribution in [2.45, 2.75) is 65.1 Å². The Morgan fingerprint density at radius 2 is 1.96 bits per heavy atom. The molecule has 0 amide bonds. The number of likely N-dealkylation sites (N-methyl/N-ethyl adjacent to an activating group) is 1. The predicted molar refractivity (Wildman–Crippen MR) is 103 cm³/mol. The second-order valence-corrected chi connectivity index (χ2v) is 7.32. The topological polar surface area (TPSA) is 66.4 Å². The van der Waals surface area contributed by atoms with Gasteiger partial charge in [0.15, 0.2) is 5.76 Å². The van der Waals surface area contributed by atoms with E-state index in [-0.39, 0.29) is 34.6 Å². The fourth-order valence-electron chi connectivity index (χ4n) is 3.78. The standard InChI is InChI=1S/C20H30BNO3/c1-4-6-7-8-13-17(22-5-2)19(24)16(20(25)18(13)23)14-11-12(3)9-10-15(14)21/h11,14-15,22,25H,4-10,21H2,1-3H3/t14-,15-/m1/s1. The van der Waals surface area contributed by atoms with Crippen LogP contribution in [0.3, 0.4) is 0 Å². The van der Waals surface area contributed by atoms with E-state index in [4.69, 9.17) is 0 Å². The number of aliphatic hydroxyl groups is 1. The Hall–Kier alpha value is -1.78. The molecule has 0 fully saturated rings. The molecule has 0 saturated carbocycles. The van der Waals surface area contributed by atoms with E-state index in [0.717, 1.165) is 32.1 Å². The van der Waals surface area contributed by atoms with Gasteiger partial charge in [0.1, 0.15) is 7.85 Å². The molecule has 0 spiro atoms. The Morgan fingerprint density at radius 1 is 1.24 bits per heavy atom. The molecule has 0 heterocycles. The van der Waals surface area contributed by atoms with Gasteiger partial charge in [-0.1, -0.05) is 43.7 Å². The van der Waals surface area contributed by atoms with Crippen molar-refractivity contribution in [3.05, 3.63) is 34.3 Å². The fraction of sp³-hybridized carbons (Fsp3) is 0.600. The summed E-state index contributed by atoms with van der Waals surface area (Å²) in [5, 5.41) is 13.7. The average molecular weight is 343 g/mol. The van der Waals surface area contributed by atoms with Gasteiger partial charge in [-0.05, 0) is 33.1 Å². The predicted octanol–water partition coefficient (Wildman–Crippen LogP) is 3.17.